The normalized spacial score (nSPS) is 12.1. The van der Waals surface area contributed by atoms with Crippen molar-refractivity contribution in [1.82, 2.24) is 13.7 Å². The highest BCUT2D eigenvalue weighted by Crippen LogP contribution is 2.52. The van der Waals surface area contributed by atoms with E-state index < -0.39 is 0 Å². The molecule has 3 heterocycles. The van der Waals surface area contributed by atoms with Gasteiger partial charge in [-0.15, -0.1) is 0 Å². The van der Waals surface area contributed by atoms with Gasteiger partial charge in [0.25, 0.3) is 0 Å². The molecule has 0 aliphatic heterocycles. The molecule has 17 aromatic rings. The lowest BCUT2D eigenvalue weighted by atomic mass is 9.94. The van der Waals surface area contributed by atoms with Crippen molar-refractivity contribution in [2.24, 2.45) is 0 Å². The van der Waals surface area contributed by atoms with Crippen molar-refractivity contribution >= 4 is 103 Å². The number of para-hydroxylation sites is 5. The van der Waals surface area contributed by atoms with Crippen molar-refractivity contribution in [3.05, 3.63) is 296 Å². The molecule has 84 heavy (non-hydrogen) atoms. The fourth-order valence-electron chi connectivity index (χ4n) is 14.6. The zero-order chi connectivity index (χ0) is 55.1. The van der Waals surface area contributed by atoms with Crippen LogP contribution in [0.1, 0.15) is 0 Å². The minimum atomic E-state index is 1.11. The Morgan fingerprint density at radius 2 is 0.536 bits per heavy atom. The predicted octanol–water partition coefficient (Wildman–Crippen LogP) is 22.4. The van der Waals surface area contributed by atoms with E-state index >= 15 is 0 Å². The Labute approximate surface area is 492 Å². The highest BCUT2D eigenvalue weighted by atomic mass is 79.9. The monoisotopic (exact) mass is 1130 g/mol. The van der Waals surface area contributed by atoms with Crippen molar-refractivity contribution in [1.29, 1.82) is 0 Å². The maximum atomic E-state index is 3.59. The molecule has 19 rings (SSSR count). The van der Waals surface area contributed by atoms with E-state index in [1.165, 1.54) is 148 Å². The van der Waals surface area contributed by atoms with Gasteiger partial charge >= 0.3 is 0 Å². The van der Waals surface area contributed by atoms with Crippen LogP contribution < -0.4 is 0 Å². The average molecular weight is 1130 g/mol. The lowest BCUT2D eigenvalue weighted by Gasteiger charge is -2.18. The molecule has 0 saturated heterocycles. The Morgan fingerprint density at radius 1 is 0.202 bits per heavy atom. The molecule has 390 valence electrons. The third-order valence-corrected chi connectivity index (χ3v) is 18.6. The molecule has 0 amide bonds. The van der Waals surface area contributed by atoms with Crippen LogP contribution in [-0.2, 0) is 0 Å². The summed E-state index contributed by atoms with van der Waals surface area (Å²) in [5, 5.41) is 12.8. The molecule has 0 radical (unpaired) electrons. The van der Waals surface area contributed by atoms with Crippen LogP contribution in [-0.4, -0.2) is 13.7 Å². The molecule has 0 atom stereocenters. The number of hydrogen-bond donors (Lipinski definition) is 0. The van der Waals surface area contributed by atoms with E-state index in [0.29, 0.717) is 0 Å². The first-order valence-electron chi connectivity index (χ1n) is 28.8. The number of hydrogen-bond acceptors (Lipinski definition) is 0. The minimum Gasteiger partial charge on any atom is -0.309 e. The van der Waals surface area contributed by atoms with E-state index in [-0.39, 0.29) is 0 Å². The van der Waals surface area contributed by atoms with Gasteiger partial charge in [0.15, 0.2) is 0 Å². The molecule has 0 unspecified atom stereocenters. The van der Waals surface area contributed by atoms with E-state index in [4.69, 9.17) is 0 Å². The molecule has 3 aromatic heterocycles. The van der Waals surface area contributed by atoms with Crippen LogP contribution in [0.2, 0.25) is 0 Å². The number of nitrogens with zero attached hydrogens (tertiary/aromatic N) is 3. The Balaban J connectivity index is 0.000000195. The van der Waals surface area contributed by atoms with Gasteiger partial charge in [-0.1, -0.05) is 240 Å². The first kappa shape index (κ1) is 47.2. The molecule has 2 aliphatic carbocycles. The SMILES string of the molecule is Brc1cccc(-c2ccc3c4c(cccc24)-c2ccccc2-3)c1.c1cc(-c2ccc3c4c(cccc24)-c2ccccc2-3)cc(-n2c3ccccc3c3cc(-n4c5ccccc5c5ccccc54)c(-n4c5ccccc5c5ccccc54)cc32)c1. The van der Waals surface area contributed by atoms with Gasteiger partial charge in [0.05, 0.1) is 44.5 Å². The van der Waals surface area contributed by atoms with Gasteiger partial charge in [-0.3, -0.25) is 0 Å². The maximum Gasteiger partial charge on any atom is 0.0724 e. The van der Waals surface area contributed by atoms with Gasteiger partial charge in [0.2, 0.25) is 0 Å². The van der Waals surface area contributed by atoms with Crippen molar-refractivity contribution in [3.63, 3.8) is 0 Å². The molecule has 14 aromatic carbocycles. The summed E-state index contributed by atoms with van der Waals surface area (Å²) in [5.74, 6) is 0. The number of benzene rings is 14. The second-order valence-corrected chi connectivity index (χ2v) is 23.3. The van der Waals surface area contributed by atoms with Gasteiger partial charge in [-0.05, 0) is 155 Å². The summed E-state index contributed by atoms with van der Waals surface area (Å²) in [5.41, 5.74) is 26.2. The number of aromatic nitrogens is 3. The lowest BCUT2D eigenvalue weighted by Crippen LogP contribution is -2.04. The summed E-state index contributed by atoms with van der Waals surface area (Å²) < 4.78 is 8.58. The quantitative estimate of drug-likeness (QED) is 0.163. The average Bonchev–Trinajstić information content (AvgIpc) is 3.37. The first-order chi connectivity index (χ1) is 41.6. The summed E-state index contributed by atoms with van der Waals surface area (Å²) in [7, 11) is 0. The first-order valence-corrected chi connectivity index (χ1v) is 29.6. The van der Waals surface area contributed by atoms with Gasteiger partial charge in [-0.25, -0.2) is 0 Å². The van der Waals surface area contributed by atoms with Gasteiger partial charge in [0, 0.05) is 42.5 Å². The number of fused-ring (bicyclic) bond motifs is 15. The molecule has 0 saturated carbocycles. The standard InChI is InChI=1S/C58H35N3.C22H13Br/c1-2-18-40-39(17-1)47-25-14-24-46-38(31-32-48(40)58(46)47)36-15-13-16-37(33-36)59-50-26-8-7-23-45(50)49-34-56(60-51-27-9-3-19-41(51)42-20-4-10-28-52(42)60)57(35-55(49)59)61-53-29-11-5-21-43(53)44-22-6-12-30-54(44)61;23-15-6-3-5-14(13-15)16-11-12-21-18-8-2-1-7-17(18)20-10-4-9-19(16)22(20)21/h1-35H;1-13H. The topological polar surface area (TPSA) is 14.8 Å². The van der Waals surface area contributed by atoms with E-state index in [0.717, 1.165) is 27.1 Å². The Bertz CT molecular complexity index is 5490. The van der Waals surface area contributed by atoms with Crippen LogP contribution in [0, 0.1) is 0 Å². The molecule has 2 aliphatic rings. The predicted molar refractivity (Wildman–Crippen MR) is 358 cm³/mol. The fraction of sp³-hybridized carbons (Fsp3) is 0. The maximum absolute atomic E-state index is 3.59. The smallest absolute Gasteiger partial charge is 0.0724 e. The van der Waals surface area contributed by atoms with E-state index in [1.807, 2.05) is 0 Å². The second kappa shape index (κ2) is 18.2. The molecular weight excluding hydrogens is 1080 g/mol. The minimum absolute atomic E-state index is 1.11. The van der Waals surface area contributed by atoms with E-state index in [1.54, 1.807) is 0 Å². The van der Waals surface area contributed by atoms with Gasteiger partial charge < -0.3 is 13.7 Å². The van der Waals surface area contributed by atoms with E-state index in [9.17, 15) is 0 Å². The Morgan fingerprint density at radius 3 is 1.00 bits per heavy atom. The van der Waals surface area contributed by atoms with Gasteiger partial charge in [0.1, 0.15) is 0 Å². The summed E-state index contributed by atoms with van der Waals surface area (Å²) in [6.07, 6.45) is 0. The summed E-state index contributed by atoms with van der Waals surface area (Å²) in [6, 6.07) is 107. The van der Waals surface area contributed by atoms with Crippen LogP contribution in [0.5, 0.6) is 0 Å². The Kier molecular flexibility index (Phi) is 10.2. The van der Waals surface area contributed by atoms with Gasteiger partial charge in [-0.2, -0.15) is 0 Å². The van der Waals surface area contributed by atoms with Crippen molar-refractivity contribution < 1.29 is 0 Å². The Hall–Kier alpha value is -10.5. The van der Waals surface area contributed by atoms with Crippen LogP contribution >= 0.6 is 15.9 Å². The molecule has 0 fully saturated rings. The molecule has 0 bridgehead atoms. The summed E-state index contributed by atoms with van der Waals surface area (Å²) in [4.78, 5) is 0. The highest BCUT2D eigenvalue weighted by Gasteiger charge is 2.26. The van der Waals surface area contributed by atoms with Crippen LogP contribution in [0.4, 0.5) is 0 Å². The largest absolute Gasteiger partial charge is 0.309 e. The van der Waals surface area contributed by atoms with Crippen molar-refractivity contribution in [2.75, 3.05) is 0 Å². The molecule has 4 heteroatoms. The summed E-state index contributed by atoms with van der Waals surface area (Å²) >= 11 is 3.59. The second-order valence-electron chi connectivity index (χ2n) is 22.4. The molecule has 0 N–H and O–H groups in total. The lowest BCUT2D eigenvalue weighted by molar-refractivity contribution is 1.09. The zero-order valence-electron chi connectivity index (χ0n) is 45.4. The van der Waals surface area contributed by atoms with Crippen LogP contribution in [0.15, 0.2) is 296 Å². The highest BCUT2D eigenvalue weighted by molar-refractivity contribution is 9.10. The van der Waals surface area contributed by atoms with E-state index in [2.05, 4.69) is 321 Å². The van der Waals surface area contributed by atoms with Crippen molar-refractivity contribution in [2.45, 2.75) is 0 Å². The van der Waals surface area contributed by atoms with Crippen LogP contribution in [0.25, 0.3) is 171 Å². The zero-order valence-corrected chi connectivity index (χ0v) is 47.0. The molecule has 0 spiro atoms. The fourth-order valence-corrected chi connectivity index (χ4v) is 15.0. The molecule has 3 nitrogen and oxygen atoms in total. The van der Waals surface area contributed by atoms with Crippen LogP contribution in [0.3, 0.4) is 0 Å². The third kappa shape index (κ3) is 6.80. The molecular formula is C80H48BrN3. The summed E-state index contributed by atoms with van der Waals surface area (Å²) in [6.45, 7) is 0. The number of rotatable bonds is 5. The number of halogens is 1. The van der Waals surface area contributed by atoms with Crippen molar-refractivity contribution in [3.8, 4) is 83.8 Å². The third-order valence-electron chi connectivity index (χ3n) is 18.1.